The van der Waals surface area contributed by atoms with E-state index in [4.69, 9.17) is 9.15 Å². The number of hydrogen-bond donors (Lipinski definition) is 0. The Morgan fingerprint density at radius 3 is 2.04 bits per heavy atom. The molecular weight excluding hydrogens is 320 g/mol. The number of furan rings is 1. The van der Waals surface area contributed by atoms with Gasteiger partial charge in [-0.3, -0.25) is 0 Å². The molecule has 2 heteroatoms. The first-order valence-electron chi connectivity index (χ1n) is 8.90. The van der Waals surface area contributed by atoms with Gasteiger partial charge in [-0.1, -0.05) is 72.8 Å². The van der Waals surface area contributed by atoms with Crippen molar-refractivity contribution in [2.24, 2.45) is 0 Å². The molecule has 1 aliphatic heterocycles. The van der Waals surface area contributed by atoms with Crippen molar-refractivity contribution in [1.82, 2.24) is 0 Å². The highest BCUT2D eigenvalue weighted by Crippen LogP contribution is 2.46. The second kappa shape index (κ2) is 6.23. The molecule has 3 aromatic carbocycles. The average Bonchev–Trinajstić information content (AvgIpc) is 2.99. The quantitative estimate of drug-likeness (QED) is 0.433. The first-order valence-corrected chi connectivity index (χ1v) is 8.90. The Kier molecular flexibility index (Phi) is 3.60. The molecule has 0 fully saturated rings. The molecule has 0 saturated heterocycles. The molecule has 5 rings (SSSR count). The molecule has 2 nitrogen and oxygen atoms in total. The van der Waals surface area contributed by atoms with Gasteiger partial charge < -0.3 is 9.15 Å². The van der Waals surface area contributed by atoms with Crippen LogP contribution in [0.3, 0.4) is 0 Å². The average molecular weight is 338 g/mol. The van der Waals surface area contributed by atoms with E-state index >= 15 is 0 Å². The third-order valence-electron chi connectivity index (χ3n) is 4.85. The lowest BCUT2D eigenvalue weighted by atomic mass is 9.94. The Morgan fingerprint density at radius 1 is 0.615 bits per heavy atom. The van der Waals surface area contributed by atoms with Crippen molar-refractivity contribution < 1.29 is 9.15 Å². The van der Waals surface area contributed by atoms with Crippen LogP contribution in [0.1, 0.15) is 5.56 Å². The molecule has 0 atom stereocenters. The zero-order valence-electron chi connectivity index (χ0n) is 14.3. The molecule has 1 aliphatic rings. The topological polar surface area (TPSA) is 22.4 Å². The second-order valence-electron chi connectivity index (χ2n) is 6.44. The summed E-state index contributed by atoms with van der Waals surface area (Å²) in [5.74, 6) is 2.74. The maximum absolute atomic E-state index is 6.50. The number of rotatable bonds is 2. The third kappa shape index (κ3) is 2.42. The summed E-state index contributed by atoms with van der Waals surface area (Å²) in [5, 5.41) is 0. The maximum atomic E-state index is 6.50. The standard InChI is InChI=1S/C24H18O2/c1-3-9-17(10-4-1)22-20-15-16-25-21-14-8-7-13-19(21)24(20)26-23(22)18-11-5-2-6-12-18/h1-14H,15-16H2. The van der Waals surface area contributed by atoms with Crippen LogP contribution < -0.4 is 4.74 Å². The van der Waals surface area contributed by atoms with Gasteiger partial charge in [0, 0.05) is 23.1 Å². The van der Waals surface area contributed by atoms with Gasteiger partial charge in [-0.05, 0) is 17.7 Å². The summed E-state index contributed by atoms with van der Waals surface area (Å²) in [6.45, 7) is 0.650. The Hall–Kier alpha value is -3.26. The monoisotopic (exact) mass is 338 g/mol. The van der Waals surface area contributed by atoms with Crippen molar-refractivity contribution in [2.75, 3.05) is 6.61 Å². The van der Waals surface area contributed by atoms with E-state index in [2.05, 4.69) is 54.6 Å². The van der Waals surface area contributed by atoms with E-state index < -0.39 is 0 Å². The van der Waals surface area contributed by atoms with Gasteiger partial charge in [0.1, 0.15) is 17.3 Å². The summed E-state index contributed by atoms with van der Waals surface area (Å²) >= 11 is 0. The lowest BCUT2D eigenvalue weighted by molar-refractivity contribution is 0.326. The Balaban J connectivity index is 1.83. The van der Waals surface area contributed by atoms with Crippen molar-refractivity contribution in [1.29, 1.82) is 0 Å². The Bertz CT molecular complexity index is 1050. The zero-order valence-corrected chi connectivity index (χ0v) is 14.3. The van der Waals surface area contributed by atoms with Crippen LogP contribution in [0.2, 0.25) is 0 Å². The fourth-order valence-electron chi connectivity index (χ4n) is 3.67. The minimum Gasteiger partial charge on any atom is -0.492 e. The second-order valence-corrected chi connectivity index (χ2v) is 6.44. The highest BCUT2D eigenvalue weighted by Gasteiger charge is 2.27. The molecule has 0 saturated carbocycles. The first kappa shape index (κ1) is 15.0. The molecule has 126 valence electrons. The normalized spacial score (nSPS) is 12.6. The summed E-state index contributed by atoms with van der Waals surface area (Å²) in [4.78, 5) is 0. The SMILES string of the molecule is c1ccc(-c2oc3c(c2-c2ccccc2)CCOc2ccccc2-3)cc1. The molecule has 1 aromatic heterocycles. The van der Waals surface area contributed by atoms with Crippen LogP contribution in [0.4, 0.5) is 0 Å². The molecule has 0 unspecified atom stereocenters. The number of ether oxygens (including phenoxy) is 1. The molecule has 26 heavy (non-hydrogen) atoms. The van der Waals surface area contributed by atoms with E-state index in [1.165, 1.54) is 16.7 Å². The molecule has 0 amide bonds. The summed E-state index contributed by atoms with van der Waals surface area (Å²) in [6.07, 6.45) is 0.824. The van der Waals surface area contributed by atoms with E-state index in [9.17, 15) is 0 Å². The minimum absolute atomic E-state index is 0.650. The number of para-hydroxylation sites is 1. The summed E-state index contributed by atoms with van der Waals surface area (Å²) in [7, 11) is 0. The fourth-order valence-corrected chi connectivity index (χ4v) is 3.67. The van der Waals surface area contributed by atoms with Crippen LogP contribution in [0, 0.1) is 0 Å². The summed E-state index contributed by atoms with van der Waals surface area (Å²) < 4.78 is 12.5. The number of fused-ring (bicyclic) bond motifs is 3. The van der Waals surface area contributed by atoms with Gasteiger partial charge in [0.15, 0.2) is 0 Å². The zero-order chi connectivity index (χ0) is 17.3. The predicted molar refractivity (Wildman–Crippen MR) is 104 cm³/mol. The van der Waals surface area contributed by atoms with Gasteiger partial charge >= 0.3 is 0 Å². The van der Waals surface area contributed by atoms with Crippen LogP contribution >= 0.6 is 0 Å². The molecule has 0 aliphatic carbocycles. The molecule has 2 heterocycles. The summed E-state index contributed by atoms with van der Waals surface area (Å²) in [5.41, 5.74) is 5.69. The largest absolute Gasteiger partial charge is 0.492 e. The molecule has 0 radical (unpaired) electrons. The van der Waals surface area contributed by atoms with Crippen molar-refractivity contribution in [3.8, 4) is 39.5 Å². The first-order chi connectivity index (χ1) is 12.9. The number of benzene rings is 3. The van der Waals surface area contributed by atoms with Gasteiger partial charge in [-0.15, -0.1) is 0 Å². The minimum atomic E-state index is 0.650. The predicted octanol–water partition coefficient (Wildman–Crippen LogP) is 6.22. The maximum Gasteiger partial charge on any atom is 0.142 e. The third-order valence-corrected chi connectivity index (χ3v) is 4.85. The molecule has 0 spiro atoms. The van der Waals surface area contributed by atoms with Gasteiger partial charge in [0.05, 0.1) is 12.2 Å². The van der Waals surface area contributed by atoms with E-state index in [-0.39, 0.29) is 0 Å². The van der Waals surface area contributed by atoms with Crippen molar-refractivity contribution in [2.45, 2.75) is 6.42 Å². The van der Waals surface area contributed by atoms with Crippen LogP contribution in [0.5, 0.6) is 5.75 Å². The van der Waals surface area contributed by atoms with E-state index in [1.807, 2.05) is 30.3 Å². The Morgan fingerprint density at radius 2 is 1.27 bits per heavy atom. The van der Waals surface area contributed by atoms with Crippen LogP contribution in [-0.2, 0) is 6.42 Å². The molecule has 0 N–H and O–H groups in total. The molecule has 0 bridgehead atoms. The van der Waals surface area contributed by atoms with Gasteiger partial charge in [0.25, 0.3) is 0 Å². The lowest BCUT2D eigenvalue weighted by Gasteiger charge is -2.07. The van der Waals surface area contributed by atoms with Crippen LogP contribution in [0.25, 0.3) is 33.8 Å². The van der Waals surface area contributed by atoms with E-state index in [0.29, 0.717) is 6.61 Å². The molecule has 4 aromatic rings. The van der Waals surface area contributed by atoms with Crippen LogP contribution in [0.15, 0.2) is 89.3 Å². The Labute approximate surface area is 152 Å². The molecular formula is C24H18O2. The van der Waals surface area contributed by atoms with E-state index in [0.717, 1.165) is 34.8 Å². The lowest BCUT2D eigenvalue weighted by Crippen LogP contribution is -1.99. The summed E-state index contributed by atoms with van der Waals surface area (Å²) in [6, 6.07) is 29.0. The smallest absolute Gasteiger partial charge is 0.142 e. The van der Waals surface area contributed by atoms with Crippen LogP contribution in [-0.4, -0.2) is 6.61 Å². The van der Waals surface area contributed by atoms with Crippen molar-refractivity contribution in [3.05, 3.63) is 90.5 Å². The van der Waals surface area contributed by atoms with Gasteiger partial charge in [-0.2, -0.15) is 0 Å². The number of hydrogen-bond acceptors (Lipinski definition) is 2. The van der Waals surface area contributed by atoms with Crippen molar-refractivity contribution >= 4 is 0 Å². The van der Waals surface area contributed by atoms with Gasteiger partial charge in [0.2, 0.25) is 0 Å². The van der Waals surface area contributed by atoms with E-state index in [1.54, 1.807) is 0 Å². The fraction of sp³-hybridized carbons (Fsp3) is 0.0833. The highest BCUT2D eigenvalue weighted by molar-refractivity contribution is 5.88. The highest BCUT2D eigenvalue weighted by atomic mass is 16.5. The van der Waals surface area contributed by atoms with Gasteiger partial charge in [-0.25, -0.2) is 0 Å². The van der Waals surface area contributed by atoms with Crippen molar-refractivity contribution in [3.63, 3.8) is 0 Å².